The number of amides is 8. The van der Waals surface area contributed by atoms with Crippen molar-refractivity contribution in [2.75, 3.05) is 45.8 Å². The smallest absolute Gasteiger partial charge is 0.352 e. The molecule has 1 aliphatic heterocycles. The lowest BCUT2D eigenvalue weighted by molar-refractivity contribution is -0.142. The van der Waals surface area contributed by atoms with Gasteiger partial charge >= 0.3 is 5.97 Å². The summed E-state index contributed by atoms with van der Waals surface area (Å²) in [5.41, 5.74) is 39.0. The van der Waals surface area contributed by atoms with Crippen LogP contribution in [0.4, 0.5) is 4.39 Å². The number of nitrogens with one attached hydrogen (secondary N) is 7. The lowest BCUT2D eigenvalue weighted by atomic mass is 10.0. The van der Waals surface area contributed by atoms with Crippen molar-refractivity contribution >= 4 is 59.2 Å². The van der Waals surface area contributed by atoms with Gasteiger partial charge < -0.3 is 92.5 Å². The molecule has 1 aromatic rings. The summed E-state index contributed by atoms with van der Waals surface area (Å²) in [5.74, 6) is -8.81. The Hall–Kier alpha value is -6.85. The zero-order valence-electron chi connectivity index (χ0n) is 41.8. The van der Waals surface area contributed by atoms with Gasteiger partial charge in [-0.1, -0.05) is 24.6 Å². The minimum absolute atomic E-state index is 0.0151. The number of unbranched alkanes of at least 4 members (excludes halogenated alkanes) is 2. The van der Waals surface area contributed by atoms with Crippen molar-refractivity contribution in [1.29, 1.82) is 0 Å². The third kappa shape index (κ3) is 22.5. The van der Waals surface area contributed by atoms with Crippen LogP contribution in [0.25, 0.3) is 0 Å². The standard InChI is InChI=1S/C46H77FN16O11/c1-26(57-43(71)37(35(64)24-51)62-39(67)29(52)9-2-4-18-48)38(66)56-25-36(65)58-31(11-6-20-50)44(72)63-22-8-13-34(63)42(70)61-33(23-27-14-16-28(47)17-15-27)41(69)59-30(10-3-5-19-49)40(68)60-32(45(73)74)12-7-21-55-46(53)54/h12,14-17,26,29-31,33-35,37,64H,2-11,13,18-25,48-52H2,1H3,(H,56,66)(H,57,71)(H,58,65)(H,59,69)(H,60,68)(H,61,70)(H,62,67)(H,73,74)(H4,53,54,55)/b32-12-/t26-,29-,30-,31+,33-,34-,35-,37-/m0/s1. The van der Waals surface area contributed by atoms with Gasteiger partial charge in [0.25, 0.3) is 0 Å². The molecule has 2 rings (SSSR count). The van der Waals surface area contributed by atoms with E-state index in [1.807, 2.05) is 0 Å². The van der Waals surface area contributed by atoms with Crippen molar-refractivity contribution in [2.45, 2.75) is 132 Å². The Balaban J connectivity index is 2.25. The molecule has 0 radical (unpaired) electrons. The van der Waals surface area contributed by atoms with Gasteiger partial charge in [0.2, 0.25) is 47.3 Å². The number of benzene rings is 1. The first-order valence-corrected chi connectivity index (χ1v) is 24.5. The Bertz CT molecular complexity index is 2100. The number of aliphatic imine (C=N–C) groups is 1. The number of carbonyl (C=O) groups excluding carboxylic acids is 8. The molecule has 1 heterocycles. The Morgan fingerprint density at radius 3 is 2.01 bits per heavy atom. The Morgan fingerprint density at radius 1 is 0.770 bits per heavy atom. The molecular formula is C46H77FN16O11. The fourth-order valence-corrected chi connectivity index (χ4v) is 7.57. The van der Waals surface area contributed by atoms with Crippen LogP contribution in [-0.4, -0.2) is 169 Å². The van der Waals surface area contributed by atoms with Gasteiger partial charge in [0.05, 0.1) is 18.7 Å². The van der Waals surface area contributed by atoms with Crippen LogP contribution in [0.15, 0.2) is 41.0 Å². The van der Waals surface area contributed by atoms with Gasteiger partial charge in [-0.25, -0.2) is 9.18 Å². The van der Waals surface area contributed by atoms with E-state index >= 15 is 0 Å². The molecule has 0 aliphatic carbocycles. The first-order chi connectivity index (χ1) is 35.2. The lowest BCUT2D eigenvalue weighted by Crippen LogP contribution is -2.60. The third-order valence-corrected chi connectivity index (χ3v) is 11.7. The maximum Gasteiger partial charge on any atom is 0.352 e. The fourth-order valence-electron chi connectivity index (χ4n) is 7.57. The molecule has 414 valence electrons. The molecule has 28 heteroatoms. The molecule has 0 aromatic heterocycles. The van der Waals surface area contributed by atoms with Crippen LogP contribution in [0.2, 0.25) is 0 Å². The predicted molar refractivity (Wildman–Crippen MR) is 269 cm³/mol. The normalized spacial score (nSPS) is 16.2. The van der Waals surface area contributed by atoms with E-state index in [1.165, 1.54) is 30.0 Å². The second-order valence-electron chi connectivity index (χ2n) is 17.6. The van der Waals surface area contributed by atoms with Crippen molar-refractivity contribution in [1.82, 2.24) is 42.1 Å². The number of hydrogen-bond donors (Lipinski definition) is 16. The average molecular weight is 1050 g/mol. The number of halogens is 1. The highest BCUT2D eigenvalue weighted by molar-refractivity contribution is 5.99. The summed E-state index contributed by atoms with van der Waals surface area (Å²) in [6, 6.07) is -3.93. The minimum Gasteiger partial charge on any atom is -0.477 e. The zero-order valence-corrected chi connectivity index (χ0v) is 41.8. The molecule has 0 saturated carbocycles. The number of aliphatic hydroxyl groups excluding tert-OH is 1. The van der Waals surface area contributed by atoms with Crippen LogP contribution in [0, 0.1) is 5.82 Å². The highest BCUT2D eigenvalue weighted by atomic mass is 19.1. The summed E-state index contributed by atoms with van der Waals surface area (Å²) in [7, 11) is 0. The predicted octanol–water partition coefficient (Wildman–Crippen LogP) is -5.69. The lowest BCUT2D eigenvalue weighted by Gasteiger charge is -2.30. The van der Waals surface area contributed by atoms with E-state index in [2.05, 4.69) is 42.2 Å². The number of aliphatic carboxylic acids is 1. The van der Waals surface area contributed by atoms with Crippen molar-refractivity contribution in [3.8, 4) is 0 Å². The third-order valence-electron chi connectivity index (χ3n) is 11.7. The quantitative estimate of drug-likeness (QED) is 0.0132. The molecule has 8 atom stereocenters. The number of rotatable bonds is 34. The summed E-state index contributed by atoms with van der Waals surface area (Å²) in [6.07, 6.45) is 2.47. The largest absolute Gasteiger partial charge is 0.477 e. The molecule has 0 unspecified atom stereocenters. The molecule has 1 fully saturated rings. The van der Waals surface area contributed by atoms with Gasteiger partial charge in [0.1, 0.15) is 47.8 Å². The summed E-state index contributed by atoms with van der Waals surface area (Å²) in [4.78, 5) is 125. The first-order valence-electron chi connectivity index (χ1n) is 24.5. The second kappa shape index (κ2) is 33.8. The van der Waals surface area contributed by atoms with E-state index in [0.717, 1.165) is 12.1 Å². The van der Waals surface area contributed by atoms with Crippen LogP contribution in [0.1, 0.15) is 83.1 Å². The number of carboxylic acid groups (broad SMARTS) is 1. The van der Waals surface area contributed by atoms with Gasteiger partial charge in [-0.2, -0.15) is 0 Å². The average Bonchev–Trinajstić information content (AvgIpc) is 3.87. The minimum atomic E-state index is -1.57. The molecular weight excluding hydrogens is 972 g/mol. The van der Waals surface area contributed by atoms with Gasteiger partial charge in [0.15, 0.2) is 5.96 Å². The Morgan fingerprint density at radius 2 is 1.41 bits per heavy atom. The molecule has 8 amide bonds. The number of likely N-dealkylation sites (tertiary alicyclic amines) is 1. The van der Waals surface area contributed by atoms with Crippen LogP contribution < -0.4 is 77.4 Å². The number of carbonyl (C=O) groups is 9. The van der Waals surface area contributed by atoms with Crippen LogP contribution >= 0.6 is 0 Å². The molecule has 1 aromatic carbocycles. The number of nitrogens with zero attached hydrogens (tertiary/aromatic N) is 2. The molecule has 27 nitrogen and oxygen atoms in total. The molecule has 0 spiro atoms. The summed E-state index contributed by atoms with van der Waals surface area (Å²) >= 11 is 0. The van der Waals surface area contributed by atoms with E-state index in [4.69, 9.17) is 40.1 Å². The molecule has 1 aliphatic rings. The highest BCUT2D eigenvalue weighted by Gasteiger charge is 2.39. The van der Waals surface area contributed by atoms with Crippen LogP contribution in [-0.2, 0) is 49.6 Å². The topological polar surface area (TPSA) is 476 Å². The van der Waals surface area contributed by atoms with Crippen molar-refractivity contribution in [3.63, 3.8) is 0 Å². The Labute approximate surface area is 428 Å². The van der Waals surface area contributed by atoms with E-state index < -0.39 is 126 Å². The second-order valence-corrected chi connectivity index (χ2v) is 17.6. The van der Waals surface area contributed by atoms with E-state index in [1.54, 1.807) is 0 Å². The van der Waals surface area contributed by atoms with Crippen molar-refractivity contribution in [3.05, 3.63) is 47.4 Å². The van der Waals surface area contributed by atoms with Gasteiger partial charge in [-0.15, -0.1) is 0 Å². The highest BCUT2D eigenvalue weighted by Crippen LogP contribution is 2.21. The number of hydrogen-bond acceptors (Lipinski definition) is 16. The van der Waals surface area contributed by atoms with Gasteiger partial charge in [-0.3, -0.25) is 43.3 Å². The first kappa shape index (κ1) is 63.3. The maximum atomic E-state index is 14.2. The summed E-state index contributed by atoms with van der Waals surface area (Å²) in [6.45, 7) is 1.06. The monoisotopic (exact) mass is 1050 g/mol. The van der Waals surface area contributed by atoms with E-state index in [0.29, 0.717) is 44.2 Å². The van der Waals surface area contributed by atoms with Crippen molar-refractivity contribution < 1.29 is 57.8 Å². The fraction of sp³-hybridized carbons (Fsp3) is 0.609. The Kier molecular flexibility index (Phi) is 28.9. The van der Waals surface area contributed by atoms with Gasteiger partial charge in [0, 0.05) is 26.1 Å². The number of carboxylic acids is 1. The SMILES string of the molecule is C[C@H](NC(=O)[C@@H](NC(=O)[C@@H](N)CCCCN)[C@@H](O)CN)C(=O)NCC(=O)N[C@H](CCCN)C(=O)N1CCC[C@H]1C(=O)N[C@@H](Cc1ccc(F)cc1)C(=O)N[C@@H](CCCCN)C(=O)N/C(=C\CCN=C(N)N)C(=O)O. The molecule has 74 heavy (non-hydrogen) atoms. The molecule has 0 bridgehead atoms. The molecule has 23 N–H and O–H groups in total. The van der Waals surface area contributed by atoms with Gasteiger partial charge in [-0.05, 0) is 108 Å². The zero-order chi connectivity index (χ0) is 55.3. The van der Waals surface area contributed by atoms with Crippen LogP contribution in [0.3, 0.4) is 0 Å². The van der Waals surface area contributed by atoms with Crippen molar-refractivity contribution in [2.24, 2.45) is 45.1 Å². The molecule has 1 saturated heterocycles. The number of guanidine groups is 1. The summed E-state index contributed by atoms with van der Waals surface area (Å²) < 4.78 is 13.9. The van der Waals surface area contributed by atoms with Crippen LogP contribution in [0.5, 0.6) is 0 Å². The number of aliphatic hydroxyl groups is 1. The van der Waals surface area contributed by atoms with E-state index in [9.17, 15) is 57.8 Å². The maximum absolute atomic E-state index is 14.2. The number of nitrogens with two attached hydrogens (primary N) is 7. The summed E-state index contributed by atoms with van der Waals surface area (Å²) in [5, 5.41) is 37.4. The van der Waals surface area contributed by atoms with E-state index in [-0.39, 0.29) is 77.1 Å².